The molecule has 3 aromatic carbocycles. The second-order valence-corrected chi connectivity index (χ2v) is 13.4. The number of halogens is 1. The van der Waals surface area contributed by atoms with Gasteiger partial charge >= 0.3 is 0 Å². The molecule has 0 spiro atoms. The molecule has 256 valence electrons. The molecule has 2 aromatic heterocycles. The number of fused-ring (bicyclic) bond motifs is 1. The van der Waals surface area contributed by atoms with E-state index in [1.807, 2.05) is 29.2 Å². The highest BCUT2D eigenvalue weighted by Crippen LogP contribution is 2.32. The van der Waals surface area contributed by atoms with Gasteiger partial charge in [0.05, 0.1) is 11.1 Å². The number of nitrogens with zero attached hydrogens (tertiary/aromatic N) is 5. The van der Waals surface area contributed by atoms with Crippen LogP contribution in [0.25, 0.3) is 16.7 Å². The van der Waals surface area contributed by atoms with Crippen LogP contribution < -0.4 is 10.7 Å². The molecule has 2 aliphatic rings. The maximum atomic E-state index is 14.1. The van der Waals surface area contributed by atoms with E-state index < -0.39 is 17.4 Å². The first-order valence-electron chi connectivity index (χ1n) is 16.9. The van der Waals surface area contributed by atoms with Crippen LogP contribution in [0.2, 0.25) is 5.02 Å². The van der Waals surface area contributed by atoms with E-state index >= 15 is 0 Å². The van der Waals surface area contributed by atoms with Gasteiger partial charge in [-0.25, -0.2) is 9.67 Å². The fourth-order valence-corrected chi connectivity index (χ4v) is 7.09. The van der Waals surface area contributed by atoms with E-state index in [4.69, 9.17) is 16.0 Å². The summed E-state index contributed by atoms with van der Waals surface area (Å²) in [5.41, 5.74) is 3.67. The SMILES string of the molecule is O=C(N[C@H](Cc1ccc(Cl)cc1)C(=O)N1CCC(c2ccccc2CN2CCCCC2=O)CC1)c1cc(=O)c2cc(-n3cncn3)ccc2o1. The van der Waals surface area contributed by atoms with Gasteiger partial charge < -0.3 is 19.5 Å². The van der Waals surface area contributed by atoms with Crippen molar-refractivity contribution in [1.29, 1.82) is 0 Å². The normalized spacial score (nSPS) is 16.1. The Morgan fingerprint density at radius 1 is 0.960 bits per heavy atom. The molecule has 2 aliphatic heterocycles. The van der Waals surface area contributed by atoms with Gasteiger partial charge in [-0.1, -0.05) is 48.0 Å². The molecule has 0 saturated carbocycles. The molecule has 11 nitrogen and oxygen atoms in total. The topological polar surface area (TPSA) is 131 Å². The molecule has 12 heteroatoms. The predicted molar refractivity (Wildman–Crippen MR) is 188 cm³/mol. The van der Waals surface area contributed by atoms with Gasteiger partial charge in [-0.2, -0.15) is 5.10 Å². The lowest BCUT2D eigenvalue weighted by Crippen LogP contribution is -2.51. The molecule has 50 heavy (non-hydrogen) atoms. The van der Waals surface area contributed by atoms with Crippen molar-refractivity contribution < 1.29 is 18.8 Å². The van der Waals surface area contributed by atoms with E-state index in [-0.39, 0.29) is 40.9 Å². The van der Waals surface area contributed by atoms with Crippen LogP contribution >= 0.6 is 11.6 Å². The van der Waals surface area contributed by atoms with Crippen LogP contribution in [0.4, 0.5) is 0 Å². The molecule has 3 amide bonds. The smallest absolute Gasteiger partial charge is 0.287 e. The number of likely N-dealkylation sites (tertiary alicyclic amines) is 2. The van der Waals surface area contributed by atoms with E-state index in [1.165, 1.54) is 22.9 Å². The van der Waals surface area contributed by atoms with Gasteiger partial charge in [0.2, 0.25) is 11.8 Å². The number of amides is 3. The van der Waals surface area contributed by atoms with Gasteiger partial charge in [-0.15, -0.1) is 0 Å². The number of carbonyl (C=O) groups excluding carboxylic acids is 3. The quantitative estimate of drug-likeness (QED) is 0.222. The standard InChI is InChI=1S/C38H37ClN6O5/c39-28-10-8-25(9-11-28)19-32(42-37(48)35-21-33(46)31-20-29(12-13-34(31)50-35)45-24-40-23-41-45)38(49)43-17-14-26(15-18-43)30-6-2-1-5-27(30)22-44-16-4-3-7-36(44)47/h1-2,5-6,8-13,20-21,23-24,26,32H,3-4,7,14-19,22H2,(H,42,48)/t32-/m1/s1. The lowest BCUT2D eigenvalue weighted by Gasteiger charge is -2.36. The maximum Gasteiger partial charge on any atom is 0.287 e. The van der Waals surface area contributed by atoms with Gasteiger partial charge in [0.15, 0.2) is 11.2 Å². The number of benzene rings is 3. The Hall–Kier alpha value is -5.29. The van der Waals surface area contributed by atoms with Crippen molar-refractivity contribution in [3.63, 3.8) is 0 Å². The van der Waals surface area contributed by atoms with Crippen LogP contribution in [0.15, 0.2) is 94.7 Å². The van der Waals surface area contributed by atoms with Crippen LogP contribution in [0.1, 0.15) is 65.3 Å². The first kappa shape index (κ1) is 33.2. The highest BCUT2D eigenvalue weighted by Gasteiger charge is 2.32. The third-order valence-electron chi connectivity index (χ3n) is 9.66. The Labute approximate surface area is 293 Å². The molecule has 4 heterocycles. The van der Waals surface area contributed by atoms with Crippen LogP contribution in [-0.4, -0.2) is 68.0 Å². The highest BCUT2D eigenvalue weighted by molar-refractivity contribution is 6.30. The van der Waals surface area contributed by atoms with E-state index in [2.05, 4.69) is 27.5 Å². The Balaban J connectivity index is 1.07. The van der Waals surface area contributed by atoms with E-state index in [1.54, 1.807) is 35.2 Å². The van der Waals surface area contributed by atoms with Gasteiger partial charge in [0.1, 0.15) is 24.3 Å². The molecule has 2 fully saturated rings. The zero-order valence-corrected chi connectivity index (χ0v) is 28.2. The molecule has 0 aliphatic carbocycles. The second-order valence-electron chi connectivity index (χ2n) is 12.9. The Morgan fingerprint density at radius 3 is 2.52 bits per heavy atom. The Kier molecular flexibility index (Phi) is 9.75. The largest absolute Gasteiger partial charge is 0.451 e. The number of nitrogens with one attached hydrogen (secondary N) is 1. The average molecular weight is 693 g/mol. The number of hydrogen-bond donors (Lipinski definition) is 1. The Bertz CT molecular complexity index is 2070. The summed E-state index contributed by atoms with van der Waals surface area (Å²) in [6, 6.07) is 20.6. The Morgan fingerprint density at radius 2 is 1.76 bits per heavy atom. The first-order valence-corrected chi connectivity index (χ1v) is 17.3. The highest BCUT2D eigenvalue weighted by atomic mass is 35.5. The van der Waals surface area contributed by atoms with Crippen molar-refractivity contribution in [2.24, 2.45) is 0 Å². The van der Waals surface area contributed by atoms with E-state index in [0.717, 1.165) is 49.4 Å². The molecule has 0 bridgehead atoms. The van der Waals surface area contributed by atoms with Gasteiger partial charge in [0, 0.05) is 50.1 Å². The van der Waals surface area contributed by atoms with Crippen LogP contribution in [0.3, 0.4) is 0 Å². The average Bonchev–Trinajstić information content (AvgIpc) is 3.68. The minimum Gasteiger partial charge on any atom is -0.451 e. The fourth-order valence-electron chi connectivity index (χ4n) is 6.97. The molecule has 5 aromatic rings. The molecule has 1 N–H and O–H groups in total. The molecule has 0 radical (unpaired) electrons. The predicted octanol–water partition coefficient (Wildman–Crippen LogP) is 5.29. The summed E-state index contributed by atoms with van der Waals surface area (Å²) in [4.78, 5) is 61.1. The zero-order valence-electron chi connectivity index (χ0n) is 27.5. The number of aromatic nitrogens is 3. The van der Waals surface area contributed by atoms with Gasteiger partial charge in [-0.05, 0) is 78.6 Å². The van der Waals surface area contributed by atoms with E-state index in [9.17, 15) is 19.2 Å². The molecule has 0 unspecified atom stereocenters. The van der Waals surface area contributed by atoms with Crippen LogP contribution in [-0.2, 0) is 22.6 Å². The third kappa shape index (κ3) is 7.33. The minimum atomic E-state index is -0.909. The van der Waals surface area contributed by atoms with Crippen molar-refractivity contribution in [3.8, 4) is 5.69 Å². The first-order chi connectivity index (χ1) is 24.3. The molecule has 1 atom stereocenters. The van der Waals surface area contributed by atoms with Crippen molar-refractivity contribution in [3.05, 3.63) is 123 Å². The molecular weight excluding hydrogens is 656 g/mol. The van der Waals surface area contributed by atoms with Crippen LogP contribution in [0.5, 0.6) is 0 Å². The summed E-state index contributed by atoms with van der Waals surface area (Å²) in [5, 5.41) is 7.82. The van der Waals surface area contributed by atoms with Crippen molar-refractivity contribution in [1.82, 2.24) is 29.9 Å². The lowest BCUT2D eigenvalue weighted by atomic mass is 9.86. The zero-order chi connectivity index (χ0) is 34.6. The van der Waals surface area contributed by atoms with Crippen LogP contribution in [0, 0.1) is 0 Å². The minimum absolute atomic E-state index is 0.188. The lowest BCUT2D eigenvalue weighted by molar-refractivity contribution is -0.135. The fraction of sp³-hybridized carbons (Fsp3) is 0.316. The molecule has 7 rings (SSSR count). The number of hydrogen-bond acceptors (Lipinski definition) is 7. The summed E-state index contributed by atoms with van der Waals surface area (Å²) in [6.07, 6.45) is 7.24. The van der Waals surface area contributed by atoms with E-state index in [0.29, 0.717) is 36.8 Å². The summed E-state index contributed by atoms with van der Waals surface area (Å²) in [6.45, 7) is 2.44. The summed E-state index contributed by atoms with van der Waals surface area (Å²) in [5.74, 6) is -0.600. The number of rotatable bonds is 9. The second kappa shape index (κ2) is 14.7. The third-order valence-corrected chi connectivity index (χ3v) is 9.91. The summed E-state index contributed by atoms with van der Waals surface area (Å²) < 4.78 is 7.40. The number of carbonyl (C=O) groups is 3. The number of piperidine rings is 2. The molecular formula is C38H37ClN6O5. The summed E-state index contributed by atoms with van der Waals surface area (Å²) >= 11 is 6.12. The monoisotopic (exact) mass is 692 g/mol. The van der Waals surface area contributed by atoms with Gasteiger partial charge in [0.25, 0.3) is 5.91 Å². The maximum absolute atomic E-state index is 14.1. The van der Waals surface area contributed by atoms with Crippen molar-refractivity contribution in [2.75, 3.05) is 19.6 Å². The molecule has 2 saturated heterocycles. The van der Waals surface area contributed by atoms with Crippen molar-refractivity contribution in [2.45, 2.75) is 57.0 Å². The van der Waals surface area contributed by atoms with Crippen molar-refractivity contribution >= 4 is 40.3 Å². The summed E-state index contributed by atoms with van der Waals surface area (Å²) in [7, 11) is 0. The van der Waals surface area contributed by atoms with Gasteiger partial charge in [-0.3, -0.25) is 19.2 Å².